The lowest BCUT2D eigenvalue weighted by atomic mass is 10.1. The van der Waals surface area contributed by atoms with Crippen LogP contribution in [0.4, 0.5) is 11.4 Å². The highest BCUT2D eigenvalue weighted by molar-refractivity contribution is 5.96. The third-order valence-electron chi connectivity index (χ3n) is 4.68. The highest BCUT2D eigenvalue weighted by Gasteiger charge is 2.19. The van der Waals surface area contributed by atoms with Crippen LogP contribution in [0.5, 0.6) is 0 Å². The molecular weight excluding hydrogens is 298 g/mol. The van der Waals surface area contributed by atoms with E-state index in [0.717, 1.165) is 18.7 Å². The Kier molecular flexibility index (Phi) is 4.74. The first kappa shape index (κ1) is 16.4. The van der Waals surface area contributed by atoms with Crippen LogP contribution in [0, 0.1) is 6.92 Å². The summed E-state index contributed by atoms with van der Waals surface area (Å²) in [5, 5.41) is 0. The zero-order valence-electron chi connectivity index (χ0n) is 14.5. The van der Waals surface area contributed by atoms with Gasteiger partial charge in [-0.25, -0.2) is 0 Å². The van der Waals surface area contributed by atoms with Gasteiger partial charge in [0.05, 0.1) is 0 Å². The first-order chi connectivity index (χ1) is 11.6. The van der Waals surface area contributed by atoms with Crippen molar-refractivity contribution in [3.05, 3.63) is 59.2 Å². The van der Waals surface area contributed by atoms with Crippen molar-refractivity contribution >= 4 is 17.3 Å². The summed E-state index contributed by atoms with van der Waals surface area (Å²) in [6.45, 7) is 4.74. The molecule has 1 aliphatic rings. The summed E-state index contributed by atoms with van der Waals surface area (Å²) >= 11 is 0. The Morgan fingerprint density at radius 2 is 1.88 bits per heavy atom. The smallest absolute Gasteiger partial charge is 0.254 e. The zero-order valence-corrected chi connectivity index (χ0v) is 14.5. The number of hydrogen-bond acceptors (Lipinski definition) is 3. The number of nitrogens with zero attached hydrogens (tertiary/aromatic N) is 2. The van der Waals surface area contributed by atoms with Gasteiger partial charge >= 0.3 is 0 Å². The van der Waals surface area contributed by atoms with E-state index < -0.39 is 0 Å². The van der Waals surface area contributed by atoms with Gasteiger partial charge in [-0.2, -0.15) is 0 Å². The Bertz CT molecular complexity index is 735. The minimum absolute atomic E-state index is 0.0102. The Labute approximate surface area is 143 Å². The van der Waals surface area contributed by atoms with Crippen LogP contribution in [0.25, 0.3) is 0 Å². The number of carbonyl (C=O) groups excluding carboxylic acids is 1. The summed E-state index contributed by atoms with van der Waals surface area (Å²) in [4.78, 5) is 17.0. The van der Waals surface area contributed by atoms with Gasteiger partial charge in [-0.3, -0.25) is 4.79 Å². The Hall–Kier alpha value is -2.49. The van der Waals surface area contributed by atoms with Crippen LogP contribution in [0.15, 0.2) is 42.5 Å². The molecule has 2 aromatic carbocycles. The summed E-state index contributed by atoms with van der Waals surface area (Å²) in [6, 6.07) is 13.9. The lowest BCUT2D eigenvalue weighted by Crippen LogP contribution is -2.28. The molecule has 1 aliphatic heterocycles. The molecule has 0 unspecified atom stereocenters. The van der Waals surface area contributed by atoms with Gasteiger partial charge in [0, 0.05) is 43.6 Å². The number of amides is 1. The predicted octanol–water partition coefficient (Wildman–Crippen LogP) is 3.45. The van der Waals surface area contributed by atoms with E-state index in [2.05, 4.69) is 23.1 Å². The van der Waals surface area contributed by atoms with E-state index in [9.17, 15) is 4.79 Å². The molecule has 2 aromatic rings. The lowest BCUT2D eigenvalue weighted by Gasteiger charge is -2.25. The molecule has 3 rings (SSSR count). The fourth-order valence-corrected chi connectivity index (χ4v) is 3.31. The molecule has 126 valence electrons. The van der Waals surface area contributed by atoms with Crippen LogP contribution in [0.3, 0.4) is 0 Å². The van der Waals surface area contributed by atoms with Crippen LogP contribution in [0.2, 0.25) is 0 Å². The average molecular weight is 323 g/mol. The number of aryl methyl sites for hydroxylation is 1. The second-order valence-corrected chi connectivity index (χ2v) is 6.56. The second-order valence-electron chi connectivity index (χ2n) is 6.56. The van der Waals surface area contributed by atoms with Crippen molar-refractivity contribution in [2.45, 2.75) is 26.3 Å². The van der Waals surface area contributed by atoms with Crippen molar-refractivity contribution in [3.63, 3.8) is 0 Å². The van der Waals surface area contributed by atoms with Crippen LogP contribution >= 0.6 is 0 Å². The molecule has 0 spiro atoms. The lowest BCUT2D eigenvalue weighted by molar-refractivity contribution is 0.0784. The maximum absolute atomic E-state index is 12.8. The van der Waals surface area contributed by atoms with Gasteiger partial charge in [0.15, 0.2) is 0 Å². The van der Waals surface area contributed by atoms with Crippen LogP contribution in [0.1, 0.15) is 34.3 Å². The fourth-order valence-electron chi connectivity index (χ4n) is 3.31. The fraction of sp³-hybridized carbons (Fsp3) is 0.350. The Morgan fingerprint density at radius 1 is 1.17 bits per heavy atom. The molecule has 1 heterocycles. The highest BCUT2D eigenvalue weighted by Crippen LogP contribution is 2.26. The van der Waals surface area contributed by atoms with E-state index in [-0.39, 0.29) is 5.91 Å². The Balaban J connectivity index is 1.81. The van der Waals surface area contributed by atoms with Gasteiger partial charge in [0.25, 0.3) is 5.91 Å². The minimum atomic E-state index is 0.0102. The van der Waals surface area contributed by atoms with E-state index in [1.807, 2.05) is 32.2 Å². The number of rotatable bonds is 4. The van der Waals surface area contributed by atoms with Crippen molar-refractivity contribution in [1.82, 2.24) is 4.90 Å². The quantitative estimate of drug-likeness (QED) is 0.877. The van der Waals surface area contributed by atoms with Crippen molar-refractivity contribution in [1.29, 1.82) is 0 Å². The van der Waals surface area contributed by atoms with Crippen LogP contribution in [-0.2, 0) is 6.54 Å². The molecule has 2 N–H and O–H groups in total. The predicted molar refractivity (Wildman–Crippen MR) is 99.3 cm³/mol. The SMILES string of the molecule is Cc1ccc(N)cc1C(=O)N(C)Cc1ccccc1N1CCCC1. The number of para-hydroxylation sites is 1. The third-order valence-corrected chi connectivity index (χ3v) is 4.68. The molecule has 0 aliphatic carbocycles. The first-order valence-electron chi connectivity index (χ1n) is 8.50. The van der Waals surface area contributed by atoms with Crippen molar-refractivity contribution in [3.8, 4) is 0 Å². The molecule has 1 amide bonds. The maximum Gasteiger partial charge on any atom is 0.254 e. The van der Waals surface area contributed by atoms with Gasteiger partial charge in [-0.05, 0) is 49.1 Å². The Morgan fingerprint density at radius 3 is 2.62 bits per heavy atom. The van der Waals surface area contributed by atoms with Crippen LogP contribution < -0.4 is 10.6 Å². The number of anilines is 2. The van der Waals surface area contributed by atoms with E-state index in [0.29, 0.717) is 17.8 Å². The topological polar surface area (TPSA) is 49.6 Å². The van der Waals surface area contributed by atoms with Gasteiger partial charge in [-0.15, -0.1) is 0 Å². The van der Waals surface area contributed by atoms with Gasteiger partial charge in [0.2, 0.25) is 0 Å². The van der Waals surface area contributed by atoms with Gasteiger partial charge in [-0.1, -0.05) is 24.3 Å². The van der Waals surface area contributed by atoms with Gasteiger partial charge < -0.3 is 15.5 Å². The van der Waals surface area contributed by atoms with E-state index >= 15 is 0 Å². The van der Waals surface area contributed by atoms with Crippen molar-refractivity contribution in [2.75, 3.05) is 30.8 Å². The highest BCUT2D eigenvalue weighted by atomic mass is 16.2. The molecule has 1 fully saturated rings. The molecule has 1 saturated heterocycles. The van der Waals surface area contributed by atoms with Crippen molar-refractivity contribution < 1.29 is 4.79 Å². The molecule has 24 heavy (non-hydrogen) atoms. The summed E-state index contributed by atoms with van der Waals surface area (Å²) in [7, 11) is 1.85. The van der Waals surface area contributed by atoms with Crippen molar-refractivity contribution in [2.24, 2.45) is 0 Å². The number of nitrogens with two attached hydrogens (primary N) is 1. The van der Waals surface area contributed by atoms with Crippen LogP contribution in [-0.4, -0.2) is 30.9 Å². The van der Waals surface area contributed by atoms with Gasteiger partial charge in [0.1, 0.15) is 0 Å². The number of carbonyl (C=O) groups is 1. The van der Waals surface area contributed by atoms with E-state index in [4.69, 9.17) is 5.73 Å². The van der Waals surface area contributed by atoms with E-state index in [1.54, 1.807) is 11.0 Å². The molecule has 4 nitrogen and oxygen atoms in total. The monoisotopic (exact) mass is 323 g/mol. The molecular formula is C20H25N3O. The summed E-state index contributed by atoms with van der Waals surface area (Å²) < 4.78 is 0. The first-order valence-corrected chi connectivity index (χ1v) is 8.50. The number of benzene rings is 2. The largest absolute Gasteiger partial charge is 0.399 e. The standard InChI is InChI=1S/C20H25N3O/c1-15-9-10-17(21)13-18(15)20(24)22(2)14-16-7-3-4-8-19(16)23-11-5-6-12-23/h3-4,7-10,13H,5-6,11-12,14,21H2,1-2H3. The summed E-state index contributed by atoms with van der Waals surface area (Å²) in [5.74, 6) is 0.0102. The maximum atomic E-state index is 12.8. The number of nitrogen functional groups attached to an aromatic ring is 1. The average Bonchev–Trinajstić information content (AvgIpc) is 3.11. The second kappa shape index (κ2) is 6.95. The summed E-state index contributed by atoms with van der Waals surface area (Å²) in [6.07, 6.45) is 2.48. The molecule has 0 atom stereocenters. The number of hydrogen-bond donors (Lipinski definition) is 1. The zero-order chi connectivity index (χ0) is 17.1. The third kappa shape index (κ3) is 3.37. The molecule has 0 radical (unpaired) electrons. The minimum Gasteiger partial charge on any atom is -0.399 e. The molecule has 4 heteroatoms. The molecule has 0 aromatic heterocycles. The molecule has 0 bridgehead atoms. The molecule has 0 saturated carbocycles. The summed E-state index contributed by atoms with van der Waals surface area (Å²) in [5.41, 5.74) is 10.5. The normalized spacial score (nSPS) is 14.0. The van der Waals surface area contributed by atoms with E-state index in [1.165, 1.54) is 24.1 Å².